The normalized spacial score (nSPS) is 17.3. The van der Waals surface area contributed by atoms with Crippen LogP contribution in [-0.4, -0.2) is 37.7 Å². The Morgan fingerprint density at radius 1 is 1.33 bits per heavy atom. The van der Waals surface area contributed by atoms with Gasteiger partial charge in [0.05, 0.1) is 12.7 Å². The molecule has 0 unspecified atom stereocenters. The molecule has 0 aliphatic carbocycles. The fourth-order valence-corrected chi connectivity index (χ4v) is 2.62. The lowest BCUT2D eigenvalue weighted by Crippen LogP contribution is -2.34. The summed E-state index contributed by atoms with van der Waals surface area (Å²) in [6, 6.07) is 5.32. The van der Waals surface area contributed by atoms with Gasteiger partial charge in [0.1, 0.15) is 5.82 Å². The highest BCUT2D eigenvalue weighted by molar-refractivity contribution is 5.24. The third kappa shape index (κ3) is 5.38. The number of nitrogens with one attached hydrogen (secondary N) is 1. The number of piperidine rings is 1. The highest BCUT2D eigenvalue weighted by atomic mass is 19.1. The van der Waals surface area contributed by atoms with Gasteiger partial charge in [-0.2, -0.15) is 0 Å². The molecule has 21 heavy (non-hydrogen) atoms. The van der Waals surface area contributed by atoms with Crippen molar-refractivity contribution in [1.82, 2.24) is 10.2 Å². The lowest BCUT2D eigenvalue weighted by molar-refractivity contribution is 0.00103. The minimum atomic E-state index is -0.165. The number of benzene rings is 1. The van der Waals surface area contributed by atoms with Gasteiger partial charge < -0.3 is 15.0 Å². The molecule has 4 heteroatoms. The van der Waals surface area contributed by atoms with Crippen molar-refractivity contribution < 1.29 is 9.13 Å². The molecular weight excluding hydrogens is 267 g/mol. The van der Waals surface area contributed by atoms with Crippen LogP contribution in [0.4, 0.5) is 4.39 Å². The number of halogens is 1. The van der Waals surface area contributed by atoms with Gasteiger partial charge in [-0.25, -0.2) is 4.39 Å². The molecule has 3 nitrogen and oxygen atoms in total. The van der Waals surface area contributed by atoms with Crippen LogP contribution in [0.15, 0.2) is 18.2 Å². The summed E-state index contributed by atoms with van der Waals surface area (Å²) in [5.74, 6) is -0.165. The van der Waals surface area contributed by atoms with E-state index in [0.717, 1.165) is 51.0 Å². The third-order valence-corrected chi connectivity index (χ3v) is 4.01. The molecule has 1 aliphatic rings. The summed E-state index contributed by atoms with van der Waals surface area (Å²) in [6.45, 7) is 6.41. The molecule has 1 aliphatic heterocycles. The highest BCUT2D eigenvalue weighted by Crippen LogP contribution is 2.17. The summed E-state index contributed by atoms with van der Waals surface area (Å²) in [5.41, 5.74) is 1.79. The van der Waals surface area contributed by atoms with Crippen molar-refractivity contribution in [2.45, 2.75) is 45.4 Å². The highest BCUT2D eigenvalue weighted by Gasteiger charge is 2.17. The van der Waals surface area contributed by atoms with Gasteiger partial charge in [-0.05, 0) is 50.6 Å². The zero-order valence-corrected chi connectivity index (χ0v) is 13.2. The summed E-state index contributed by atoms with van der Waals surface area (Å²) in [4.78, 5) is 2.31. The van der Waals surface area contributed by atoms with Crippen LogP contribution in [0, 0.1) is 5.82 Å². The second kappa shape index (κ2) is 8.47. The maximum Gasteiger partial charge on any atom is 0.128 e. The summed E-state index contributed by atoms with van der Waals surface area (Å²) < 4.78 is 19.8. The van der Waals surface area contributed by atoms with Crippen LogP contribution in [0.2, 0.25) is 0 Å². The number of rotatable bonds is 7. The number of hydrogen-bond acceptors (Lipinski definition) is 3. The molecule has 1 aromatic carbocycles. The fourth-order valence-electron chi connectivity index (χ4n) is 2.62. The van der Waals surface area contributed by atoms with E-state index in [0.29, 0.717) is 12.2 Å². The number of likely N-dealkylation sites (tertiary alicyclic amines) is 1. The van der Waals surface area contributed by atoms with E-state index in [1.165, 1.54) is 0 Å². The van der Waals surface area contributed by atoms with Gasteiger partial charge in [-0.3, -0.25) is 0 Å². The molecule has 0 atom stereocenters. The van der Waals surface area contributed by atoms with Gasteiger partial charge in [0.15, 0.2) is 0 Å². The fraction of sp³-hybridized carbons (Fsp3) is 0.647. The number of hydrogen-bond donors (Lipinski definition) is 1. The van der Waals surface area contributed by atoms with Crippen molar-refractivity contribution in [3.63, 3.8) is 0 Å². The van der Waals surface area contributed by atoms with E-state index in [2.05, 4.69) is 24.2 Å². The summed E-state index contributed by atoms with van der Waals surface area (Å²) in [6.07, 6.45) is 3.45. The maximum atomic E-state index is 13.9. The van der Waals surface area contributed by atoms with Crippen LogP contribution in [0.5, 0.6) is 0 Å². The maximum absolute atomic E-state index is 13.9. The lowest BCUT2D eigenvalue weighted by Gasteiger charge is -2.29. The molecule has 0 spiro atoms. The SMILES string of the molecule is CCCNCc1ccc(F)c(COC2CCN(C)CC2)c1. The number of ether oxygens (including phenoxy) is 1. The summed E-state index contributed by atoms with van der Waals surface area (Å²) in [5, 5.41) is 3.34. The van der Waals surface area contributed by atoms with E-state index in [4.69, 9.17) is 4.74 Å². The van der Waals surface area contributed by atoms with Crippen LogP contribution in [-0.2, 0) is 17.9 Å². The third-order valence-electron chi connectivity index (χ3n) is 4.01. The molecule has 0 bridgehead atoms. The largest absolute Gasteiger partial charge is 0.373 e. The molecule has 2 rings (SSSR count). The second-order valence-electron chi connectivity index (χ2n) is 5.92. The van der Waals surface area contributed by atoms with Crippen molar-refractivity contribution >= 4 is 0 Å². The van der Waals surface area contributed by atoms with Crippen LogP contribution >= 0.6 is 0 Å². The molecule has 0 amide bonds. The van der Waals surface area contributed by atoms with Crippen molar-refractivity contribution in [1.29, 1.82) is 0 Å². The van der Waals surface area contributed by atoms with Gasteiger partial charge in [-0.1, -0.05) is 13.0 Å². The summed E-state index contributed by atoms with van der Waals surface area (Å²) >= 11 is 0. The van der Waals surface area contributed by atoms with Gasteiger partial charge in [0.2, 0.25) is 0 Å². The Kier molecular flexibility index (Phi) is 6.61. The van der Waals surface area contributed by atoms with Crippen molar-refractivity contribution in [3.05, 3.63) is 35.1 Å². The van der Waals surface area contributed by atoms with Gasteiger partial charge in [0.25, 0.3) is 0 Å². The van der Waals surface area contributed by atoms with Crippen LogP contribution in [0.1, 0.15) is 37.3 Å². The zero-order chi connectivity index (χ0) is 15.1. The van der Waals surface area contributed by atoms with Crippen molar-refractivity contribution in [3.8, 4) is 0 Å². The first kappa shape index (κ1) is 16.4. The topological polar surface area (TPSA) is 24.5 Å². The zero-order valence-electron chi connectivity index (χ0n) is 13.2. The lowest BCUT2D eigenvalue weighted by atomic mass is 10.1. The van der Waals surface area contributed by atoms with E-state index in [1.54, 1.807) is 6.07 Å². The molecule has 1 saturated heterocycles. The smallest absolute Gasteiger partial charge is 0.128 e. The van der Waals surface area contributed by atoms with Crippen LogP contribution < -0.4 is 5.32 Å². The van der Waals surface area contributed by atoms with Gasteiger partial charge in [-0.15, -0.1) is 0 Å². The molecule has 0 radical (unpaired) electrons. The quantitative estimate of drug-likeness (QED) is 0.783. The molecule has 1 N–H and O–H groups in total. The van der Waals surface area contributed by atoms with Crippen LogP contribution in [0.3, 0.4) is 0 Å². The summed E-state index contributed by atoms with van der Waals surface area (Å²) in [7, 11) is 2.13. The average molecular weight is 294 g/mol. The average Bonchev–Trinajstić information content (AvgIpc) is 2.49. The van der Waals surface area contributed by atoms with Crippen LogP contribution in [0.25, 0.3) is 0 Å². The monoisotopic (exact) mass is 294 g/mol. The predicted molar refractivity (Wildman–Crippen MR) is 83.7 cm³/mol. The first-order valence-electron chi connectivity index (χ1n) is 7.97. The van der Waals surface area contributed by atoms with Gasteiger partial charge in [0, 0.05) is 25.2 Å². The Morgan fingerprint density at radius 3 is 2.81 bits per heavy atom. The standard InChI is InChI=1S/C17H27FN2O/c1-3-8-19-12-14-4-5-17(18)15(11-14)13-21-16-6-9-20(2)10-7-16/h4-5,11,16,19H,3,6-10,12-13H2,1-2H3. The van der Waals surface area contributed by atoms with E-state index in [1.807, 2.05) is 12.1 Å². The molecule has 1 fully saturated rings. The molecule has 0 saturated carbocycles. The van der Waals surface area contributed by atoms with E-state index >= 15 is 0 Å². The minimum absolute atomic E-state index is 0.165. The first-order chi connectivity index (χ1) is 10.2. The Labute approximate surface area is 127 Å². The Balaban J connectivity index is 1.85. The molecule has 0 aromatic heterocycles. The number of nitrogens with zero attached hydrogens (tertiary/aromatic N) is 1. The molecular formula is C17H27FN2O. The molecule has 1 aromatic rings. The van der Waals surface area contributed by atoms with Gasteiger partial charge >= 0.3 is 0 Å². The van der Waals surface area contributed by atoms with Crippen molar-refractivity contribution in [2.24, 2.45) is 0 Å². The van der Waals surface area contributed by atoms with E-state index in [9.17, 15) is 4.39 Å². The molecule has 1 heterocycles. The predicted octanol–water partition coefficient (Wildman–Crippen LogP) is 2.94. The second-order valence-corrected chi connectivity index (χ2v) is 5.92. The van der Waals surface area contributed by atoms with E-state index < -0.39 is 0 Å². The Bertz CT molecular complexity index is 431. The van der Waals surface area contributed by atoms with Crippen molar-refractivity contribution in [2.75, 3.05) is 26.7 Å². The minimum Gasteiger partial charge on any atom is -0.373 e. The Hall–Kier alpha value is -0.970. The van der Waals surface area contributed by atoms with E-state index in [-0.39, 0.29) is 11.9 Å². The molecule has 118 valence electrons. The Morgan fingerprint density at radius 2 is 2.10 bits per heavy atom. The first-order valence-corrected chi connectivity index (χ1v) is 7.97.